The van der Waals surface area contributed by atoms with E-state index in [4.69, 9.17) is 5.73 Å². The smallest absolute Gasteiger partial charge is 0.248 e. The molecule has 4 rings (SSSR count). The molecule has 1 aliphatic heterocycles. The van der Waals surface area contributed by atoms with Gasteiger partial charge in [-0.3, -0.25) is 28.9 Å². The molecule has 5 amide bonds. The number of rotatable bonds is 16. The van der Waals surface area contributed by atoms with Crippen LogP contribution in [0.15, 0.2) is 60.8 Å². The van der Waals surface area contributed by atoms with Crippen LogP contribution >= 0.6 is 0 Å². The number of hydrogen-bond donors (Lipinski definition) is 4. The fourth-order valence-corrected chi connectivity index (χ4v) is 6.21. The number of hydrogen-bond acceptors (Lipinski definition) is 7. The van der Waals surface area contributed by atoms with Gasteiger partial charge in [-0.15, -0.1) is 0 Å². The van der Waals surface area contributed by atoms with Crippen molar-refractivity contribution in [1.82, 2.24) is 25.0 Å². The second-order valence-electron chi connectivity index (χ2n) is 13.6. The van der Waals surface area contributed by atoms with Crippen LogP contribution in [-0.2, 0) is 30.5 Å². The highest BCUT2D eigenvalue weighted by Gasteiger charge is 2.37. The summed E-state index contributed by atoms with van der Waals surface area (Å²) in [6.45, 7) is 5.42. The highest BCUT2D eigenvalue weighted by Crippen LogP contribution is 2.41. The van der Waals surface area contributed by atoms with Crippen LogP contribution in [0.2, 0.25) is 0 Å². The summed E-state index contributed by atoms with van der Waals surface area (Å²) in [6.07, 6.45) is 2.00. The first-order valence-electron chi connectivity index (χ1n) is 16.9. The van der Waals surface area contributed by atoms with Crippen molar-refractivity contribution in [2.45, 2.75) is 65.1 Å². The van der Waals surface area contributed by atoms with Crippen LogP contribution < -0.4 is 16.4 Å². The number of imide groups is 1. The number of halogens is 2. The van der Waals surface area contributed by atoms with Crippen molar-refractivity contribution < 1.29 is 37.9 Å². The van der Waals surface area contributed by atoms with Gasteiger partial charge in [0, 0.05) is 75.0 Å². The Kier molecular flexibility index (Phi) is 13.2. The van der Waals surface area contributed by atoms with Gasteiger partial charge in [-0.2, -0.15) is 0 Å². The molecule has 51 heavy (non-hydrogen) atoms. The van der Waals surface area contributed by atoms with E-state index in [1.807, 2.05) is 55.7 Å². The third-order valence-electron chi connectivity index (χ3n) is 8.71. The van der Waals surface area contributed by atoms with E-state index in [-0.39, 0.29) is 75.1 Å². The zero-order valence-corrected chi connectivity index (χ0v) is 29.2. The predicted octanol–water partition coefficient (Wildman–Crippen LogP) is 2.88. The van der Waals surface area contributed by atoms with E-state index in [1.165, 1.54) is 4.90 Å². The maximum atomic E-state index is 15.0. The van der Waals surface area contributed by atoms with Gasteiger partial charge < -0.3 is 30.9 Å². The Bertz CT molecular complexity index is 1710. The molecule has 1 fully saturated rings. The average molecular weight is 709 g/mol. The van der Waals surface area contributed by atoms with Crippen LogP contribution in [0.1, 0.15) is 63.8 Å². The first-order chi connectivity index (χ1) is 24.2. The number of carbonyl (C=O) groups is 5. The van der Waals surface area contributed by atoms with Gasteiger partial charge in [-0.25, -0.2) is 8.78 Å². The summed E-state index contributed by atoms with van der Waals surface area (Å²) < 4.78 is 31.1. The van der Waals surface area contributed by atoms with E-state index >= 15 is 0 Å². The maximum Gasteiger partial charge on any atom is 0.248 e. The van der Waals surface area contributed by atoms with Crippen molar-refractivity contribution in [3.05, 3.63) is 83.7 Å². The van der Waals surface area contributed by atoms with Crippen molar-refractivity contribution in [2.24, 2.45) is 11.1 Å². The molecule has 0 aliphatic carbocycles. The molecular formula is C37H46F2N6O6. The summed E-state index contributed by atoms with van der Waals surface area (Å²) in [5.74, 6) is -3.29. The van der Waals surface area contributed by atoms with Gasteiger partial charge in [0.1, 0.15) is 18.2 Å². The molecule has 0 unspecified atom stereocenters. The molecule has 12 nitrogen and oxygen atoms in total. The van der Waals surface area contributed by atoms with Gasteiger partial charge in [-0.1, -0.05) is 51.1 Å². The standard InChI is InChI=1S/C37H46F2N6O6/c1-37(2,3)35(30-19-25(27-20-26(38)9-10-28(27)39)22-43(30)21-24-7-5-4-6-8-24)45(34(50)23-46)17-14-29(40)36(51)42-15-13-31(47)41-16-18-44-32(48)11-12-33(44)49/h4-10,19-20,22,29,35,46H,11-18,21,23,40H2,1-3H3,(H,41,47)(H,42,51)/t29-,35-/m0/s1. The molecule has 0 saturated carbocycles. The Labute approximate surface area is 296 Å². The van der Waals surface area contributed by atoms with E-state index < -0.39 is 47.6 Å². The Morgan fingerprint density at radius 3 is 2.31 bits per heavy atom. The van der Waals surface area contributed by atoms with Crippen molar-refractivity contribution in [3.63, 3.8) is 0 Å². The molecule has 1 saturated heterocycles. The van der Waals surface area contributed by atoms with E-state index in [2.05, 4.69) is 10.6 Å². The molecule has 0 bridgehead atoms. The zero-order chi connectivity index (χ0) is 37.3. The SMILES string of the molecule is CC(C)(C)[C@H](c1cc(-c2cc(F)ccc2F)cn1Cc1ccccc1)N(CC[C@H](N)C(=O)NCCC(=O)NCCN1C(=O)CCC1=O)C(=O)CO. The minimum absolute atomic E-state index is 0.0129. The van der Waals surface area contributed by atoms with Crippen LogP contribution in [0.25, 0.3) is 11.1 Å². The number of nitrogens with two attached hydrogens (primary N) is 1. The number of carbonyl (C=O) groups excluding carboxylic acids is 5. The summed E-state index contributed by atoms with van der Waals surface area (Å²) in [7, 11) is 0. The first-order valence-corrected chi connectivity index (χ1v) is 16.9. The number of aliphatic hydroxyl groups excluding tert-OH is 1. The van der Waals surface area contributed by atoms with E-state index in [0.29, 0.717) is 17.8 Å². The van der Waals surface area contributed by atoms with Gasteiger partial charge >= 0.3 is 0 Å². The van der Waals surface area contributed by atoms with Gasteiger partial charge in [0.05, 0.1) is 12.1 Å². The topological polar surface area (TPSA) is 167 Å². The van der Waals surface area contributed by atoms with Gasteiger partial charge in [-0.05, 0) is 41.7 Å². The van der Waals surface area contributed by atoms with Gasteiger partial charge in [0.2, 0.25) is 29.5 Å². The number of nitrogens with one attached hydrogen (secondary N) is 2. The summed E-state index contributed by atoms with van der Waals surface area (Å²) >= 11 is 0. The molecule has 3 aromatic rings. The molecular weight excluding hydrogens is 662 g/mol. The Morgan fingerprint density at radius 1 is 0.980 bits per heavy atom. The molecule has 274 valence electrons. The maximum absolute atomic E-state index is 15.0. The number of benzene rings is 2. The fraction of sp³-hybridized carbons (Fsp3) is 0.432. The van der Waals surface area contributed by atoms with Crippen molar-refractivity contribution >= 4 is 29.5 Å². The normalized spacial score (nSPS) is 14.4. The van der Waals surface area contributed by atoms with Crippen LogP contribution in [0.4, 0.5) is 8.78 Å². The van der Waals surface area contributed by atoms with E-state index in [9.17, 15) is 37.9 Å². The average Bonchev–Trinajstić information content (AvgIpc) is 3.64. The van der Waals surface area contributed by atoms with Crippen molar-refractivity contribution in [1.29, 1.82) is 0 Å². The molecule has 5 N–H and O–H groups in total. The lowest BCUT2D eigenvalue weighted by molar-refractivity contribution is -0.140. The lowest BCUT2D eigenvalue weighted by atomic mass is 9.82. The van der Waals surface area contributed by atoms with Crippen LogP contribution in [0.5, 0.6) is 0 Å². The summed E-state index contributed by atoms with van der Waals surface area (Å²) in [6, 6.07) is 12.7. The van der Waals surface area contributed by atoms with Crippen molar-refractivity contribution in [2.75, 3.05) is 32.8 Å². The highest BCUT2D eigenvalue weighted by molar-refractivity contribution is 6.01. The summed E-state index contributed by atoms with van der Waals surface area (Å²) in [4.78, 5) is 64.5. The minimum atomic E-state index is -1.07. The quantitative estimate of drug-likeness (QED) is 0.166. The number of aliphatic hydroxyl groups is 1. The second-order valence-corrected chi connectivity index (χ2v) is 13.6. The second kappa shape index (κ2) is 17.3. The molecule has 2 aromatic carbocycles. The molecule has 0 spiro atoms. The summed E-state index contributed by atoms with van der Waals surface area (Å²) in [5, 5.41) is 15.3. The van der Waals surface area contributed by atoms with Gasteiger partial charge in [0.25, 0.3) is 0 Å². The lowest BCUT2D eigenvalue weighted by Gasteiger charge is -2.41. The zero-order valence-electron chi connectivity index (χ0n) is 29.2. The van der Waals surface area contributed by atoms with Crippen LogP contribution in [0.3, 0.4) is 0 Å². The number of nitrogens with zero attached hydrogens (tertiary/aromatic N) is 3. The van der Waals surface area contributed by atoms with Crippen molar-refractivity contribution in [3.8, 4) is 11.1 Å². The highest BCUT2D eigenvalue weighted by atomic mass is 19.1. The third-order valence-corrected chi connectivity index (χ3v) is 8.71. The molecule has 1 aliphatic rings. The summed E-state index contributed by atoms with van der Waals surface area (Å²) in [5.41, 5.74) is 7.57. The monoisotopic (exact) mass is 708 g/mol. The molecule has 2 heterocycles. The largest absolute Gasteiger partial charge is 0.387 e. The molecule has 14 heteroatoms. The van der Waals surface area contributed by atoms with E-state index in [0.717, 1.165) is 28.7 Å². The molecule has 0 radical (unpaired) electrons. The Morgan fingerprint density at radius 2 is 1.67 bits per heavy atom. The predicted molar refractivity (Wildman–Crippen MR) is 186 cm³/mol. The third kappa shape index (κ3) is 10.3. The Balaban J connectivity index is 1.47. The lowest BCUT2D eigenvalue weighted by Crippen LogP contribution is -2.48. The Hall–Kier alpha value is -4.95. The fourth-order valence-electron chi connectivity index (χ4n) is 6.21. The number of aromatic nitrogens is 1. The first kappa shape index (κ1) is 38.8. The van der Waals surface area contributed by atoms with Crippen LogP contribution in [-0.4, -0.2) is 87.8 Å². The van der Waals surface area contributed by atoms with Gasteiger partial charge in [0.15, 0.2) is 0 Å². The number of amides is 5. The van der Waals surface area contributed by atoms with E-state index in [1.54, 1.807) is 12.3 Å². The minimum Gasteiger partial charge on any atom is -0.387 e. The molecule has 2 atom stereocenters. The van der Waals surface area contributed by atoms with Crippen LogP contribution in [0, 0.1) is 17.0 Å². The molecule has 1 aromatic heterocycles. The number of likely N-dealkylation sites (tertiary alicyclic amines) is 1.